The molecule has 0 aliphatic rings. The average molecular weight is 68.9 g/mol. The quantitative estimate of drug-likeness (QED) is 0.402. The van der Waals surface area contributed by atoms with E-state index in [9.17, 15) is 0 Å². The van der Waals surface area contributed by atoms with Gasteiger partial charge in [0.2, 0.25) is 0 Å². The molecule has 0 amide bonds. The Morgan fingerprint density at radius 3 is 1.80 bits per heavy atom. The van der Waals surface area contributed by atoms with Crippen LogP contribution in [0.25, 0.3) is 0 Å². The Labute approximate surface area is 35.0 Å². The van der Waals surface area contributed by atoms with Crippen molar-refractivity contribution < 1.29 is 0 Å². The van der Waals surface area contributed by atoms with Crippen LogP contribution in [0.3, 0.4) is 0 Å². The minimum absolute atomic E-state index is 0.773. The molecule has 0 aromatic rings. The van der Waals surface area contributed by atoms with Crippen molar-refractivity contribution in [2.75, 3.05) is 0 Å². The number of hydrogen-bond acceptors (Lipinski definition) is 0. The highest BCUT2D eigenvalue weighted by atomic mass is 13.8. The van der Waals surface area contributed by atoms with Crippen LogP contribution in [-0.2, 0) is 0 Å². The van der Waals surface area contributed by atoms with E-state index in [1.165, 1.54) is 0 Å². The van der Waals surface area contributed by atoms with Gasteiger partial charge in [0.1, 0.15) is 0 Å². The van der Waals surface area contributed by atoms with Gasteiger partial charge in [-0.25, -0.2) is 0 Å². The largest absolute Gasteiger partial charge is 0.0868 e. The third kappa shape index (κ3) is 4.06. The smallest absolute Gasteiger partial charge is 0.0823 e. The Morgan fingerprint density at radius 1 is 1.60 bits per heavy atom. The molecule has 1 heteroatoms. The first-order valence-corrected chi connectivity index (χ1v) is 2.06. The Balaban J connectivity index is 2.54. The fourth-order valence-electron chi connectivity index (χ4n) is 0. The summed E-state index contributed by atoms with van der Waals surface area (Å²) in [5.41, 5.74) is 0. The van der Waals surface area contributed by atoms with Crippen LogP contribution in [0.4, 0.5) is 0 Å². The molecule has 0 rings (SSSR count). The minimum atomic E-state index is 0.773. The van der Waals surface area contributed by atoms with E-state index in [1.807, 2.05) is 0 Å². The molecular formula is C4H10B. The predicted molar refractivity (Wildman–Crippen MR) is 26.8 cm³/mol. The third-order valence-corrected chi connectivity index (χ3v) is 0.577. The predicted octanol–water partition coefficient (Wildman–Crippen LogP) is 0.962. The maximum absolute atomic E-state index is 3.69. The summed E-state index contributed by atoms with van der Waals surface area (Å²) in [5.74, 6) is 0.773. The van der Waals surface area contributed by atoms with E-state index in [2.05, 4.69) is 21.7 Å². The summed E-state index contributed by atoms with van der Waals surface area (Å²) in [6.07, 6.45) is 1.06. The monoisotopic (exact) mass is 69.1 g/mol. The van der Waals surface area contributed by atoms with Crippen LogP contribution in [0.1, 0.15) is 13.8 Å². The van der Waals surface area contributed by atoms with Gasteiger partial charge in [-0.3, -0.25) is 0 Å². The fraction of sp³-hybridized carbons (Fsp3) is 1.00. The van der Waals surface area contributed by atoms with E-state index in [4.69, 9.17) is 0 Å². The van der Waals surface area contributed by atoms with Crippen molar-refractivity contribution in [2.45, 2.75) is 20.2 Å². The summed E-state index contributed by atoms with van der Waals surface area (Å²) < 4.78 is 0. The minimum Gasteiger partial charge on any atom is -0.0823 e. The highest BCUT2D eigenvalue weighted by Gasteiger charge is 1.80. The summed E-state index contributed by atoms with van der Waals surface area (Å²) in [5, 5.41) is 0. The zero-order chi connectivity index (χ0) is 4.28. The van der Waals surface area contributed by atoms with Crippen LogP contribution < -0.4 is 0 Å². The maximum Gasteiger partial charge on any atom is 0.0868 e. The van der Waals surface area contributed by atoms with Crippen LogP contribution in [0.15, 0.2) is 0 Å². The van der Waals surface area contributed by atoms with Crippen LogP contribution in [0, 0.1) is 5.92 Å². The Kier molecular flexibility index (Phi) is 2.34. The molecule has 0 fully saturated rings. The van der Waals surface area contributed by atoms with Gasteiger partial charge in [-0.2, -0.15) is 0 Å². The van der Waals surface area contributed by atoms with Crippen LogP contribution in [0.5, 0.6) is 0 Å². The zero-order valence-electron chi connectivity index (χ0n) is 3.99. The van der Waals surface area contributed by atoms with Gasteiger partial charge in [-0.1, -0.05) is 26.1 Å². The van der Waals surface area contributed by atoms with Gasteiger partial charge in [0.25, 0.3) is 0 Å². The van der Waals surface area contributed by atoms with E-state index < -0.39 is 0 Å². The molecule has 0 bridgehead atoms. The van der Waals surface area contributed by atoms with E-state index in [0.29, 0.717) is 0 Å². The van der Waals surface area contributed by atoms with Gasteiger partial charge < -0.3 is 0 Å². The SMILES string of the molecule is [BH]CC(C)C. The Morgan fingerprint density at radius 2 is 1.80 bits per heavy atom. The first-order chi connectivity index (χ1) is 2.27. The summed E-state index contributed by atoms with van der Waals surface area (Å²) in [6, 6.07) is 0. The Bertz CT molecular complexity index is 17.6. The van der Waals surface area contributed by atoms with Gasteiger partial charge in [0, 0.05) is 0 Å². The molecule has 0 atom stereocenters. The molecule has 0 aliphatic heterocycles. The van der Waals surface area contributed by atoms with Crippen molar-refractivity contribution in [3.63, 3.8) is 0 Å². The topological polar surface area (TPSA) is 0 Å². The first-order valence-electron chi connectivity index (χ1n) is 2.06. The standard InChI is InChI=1S/C4H10B/c1-4(2)3-5/h4-5H,3H2,1-2H3. The van der Waals surface area contributed by atoms with Crippen molar-refractivity contribution in [3.05, 3.63) is 0 Å². The van der Waals surface area contributed by atoms with Crippen LogP contribution in [0.2, 0.25) is 6.32 Å². The van der Waals surface area contributed by atoms with E-state index in [-0.39, 0.29) is 0 Å². The highest BCUT2D eigenvalue weighted by Crippen LogP contribution is 1.92. The zero-order valence-corrected chi connectivity index (χ0v) is 3.99. The van der Waals surface area contributed by atoms with E-state index in [1.54, 1.807) is 0 Å². The average Bonchev–Trinajstić information content (AvgIpc) is 1.38. The van der Waals surface area contributed by atoms with Crippen LogP contribution in [-0.4, -0.2) is 7.85 Å². The highest BCUT2D eigenvalue weighted by molar-refractivity contribution is 6.08. The third-order valence-electron chi connectivity index (χ3n) is 0.577. The summed E-state index contributed by atoms with van der Waals surface area (Å²) in [6.45, 7) is 4.32. The second-order valence-corrected chi connectivity index (χ2v) is 1.68. The lowest BCUT2D eigenvalue weighted by Crippen LogP contribution is -1.80. The summed E-state index contributed by atoms with van der Waals surface area (Å²) in [7, 11) is 3.69. The molecule has 0 aliphatic carbocycles. The van der Waals surface area contributed by atoms with Crippen LogP contribution >= 0.6 is 0 Å². The lowest BCUT2D eigenvalue weighted by Gasteiger charge is -1.90. The molecular weight excluding hydrogens is 58.9 g/mol. The summed E-state index contributed by atoms with van der Waals surface area (Å²) in [4.78, 5) is 0. The fourth-order valence-corrected chi connectivity index (χ4v) is 0. The normalized spacial score (nSPS) is 9.40. The van der Waals surface area contributed by atoms with Crippen molar-refractivity contribution in [1.82, 2.24) is 0 Å². The molecule has 0 spiro atoms. The van der Waals surface area contributed by atoms with Gasteiger partial charge in [-0.15, -0.1) is 0 Å². The maximum atomic E-state index is 3.69. The van der Waals surface area contributed by atoms with Gasteiger partial charge in [0.15, 0.2) is 0 Å². The molecule has 29 valence electrons. The lowest BCUT2D eigenvalue weighted by atomic mass is 9.95. The molecule has 0 saturated heterocycles. The molecule has 0 saturated carbocycles. The molecule has 0 heterocycles. The number of rotatable bonds is 1. The second kappa shape index (κ2) is 2.31. The molecule has 0 N–H and O–H groups in total. The summed E-state index contributed by atoms with van der Waals surface area (Å²) >= 11 is 0. The van der Waals surface area contributed by atoms with Crippen molar-refractivity contribution in [3.8, 4) is 0 Å². The lowest BCUT2D eigenvalue weighted by molar-refractivity contribution is 0.735. The number of hydrogen-bond donors (Lipinski definition) is 0. The van der Waals surface area contributed by atoms with Crippen molar-refractivity contribution in [2.24, 2.45) is 5.92 Å². The molecule has 0 aromatic carbocycles. The van der Waals surface area contributed by atoms with Gasteiger partial charge in [0.05, 0.1) is 7.85 Å². The van der Waals surface area contributed by atoms with E-state index >= 15 is 0 Å². The molecule has 0 aromatic heterocycles. The second-order valence-electron chi connectivity index (χ2n) is 1.68. The molecule has 0 nitrogen and oxygen atoms in total. The molecule has 5 heavy (non-hydrogen) atoms. The Hall–Kier alpha value is 0.0649. The van der Waals surface area contributed by atoms with Gasteiger partial charge in [-0.05, 0) is 0 Å². The van der Waals surface area contributed by atoms with Crippen molar-refractivity contribution in [1.29, 1.82) is 0 Å². The first kappa shape index (κ1) is 5.06. The van der Waals surface area contributed by atoms with Gasteiger partial charge >= 0.3 is 0 Å². The molecule has 1 radical (unpaired) electrons. The van der Waals surface area contributed by atoms with Crippen molar-refractivity contribution >= 4 is 7.85 Å². The molecule has 0 unspecified atom stereocenters. The van der Waals surface area contributed by atoms with E-state index in [0.717, 1.165) is 12.2 Å².